The quantitative estimate of drug-likeness (QED) is 0.186. The molecule has 4 atom stereocenters. The highest BCUT2D eigenvalue weighted by Crippen LogP contribution is 2.27. The largest absolute Gasteiger partial charge is 0.462 e. The van der Waals surface area contributed by atoms with Crippen molar-refractivity contribution in [2.45, 2.75) is 128 Å². The Bertz CT molecular complexity index is 525. The van der Waals surface area contributed by atoms with E-state index in [9.17, 15) is 19.2 Å². The predicted octanol–water partition coefficient (Wildman–Crippen LogP) is 5.49. The topological polar surface area (TPSA) is 86.7 Å². The number of carbonyl (C=O) groups excluding carboxylic acids is 4. The van der Waals surface area contributed by atoms with Crippen molar-refractivity contribution < 1.29 is 28.7 Å². The van der Waals surface area contributed by atoms with Crippen LogP contribution in [0.2, 0.25) is 0 Å². The van der Waals surface area contributed by atoms with Crippen molar-refractivity contribution in [3.63, 3.8) is 0 Å². The van der Waals surface area contributed by atoms with E-state index in [1.807, 2.05) is 0 Å². The van der Waals surface area contributed by atoms with Crippen molar-refractivity contribution in [3.8, 4) is 0 Å². The zero-order valence-corrected chi connectivity index (χ0v) is 19.6. The summed E-state index contributed by atoms with van der Waals surface area (Å²) >= 11 is 0. The smallest absolute Gasteiger partial charge is 0.306 e. The van der Waals surface area contributed by atoms with E-state index in [0.717, 1.165) is 115 Å². The molecule has 0 aliphatic heterocycles. The molecular weight excluding hydrogens is 408 g/mol. The van der Waals surface area contributed by atoms with Gasteiger partial charge in [0.1, 0.15) is 24.8 Å². The highest BCUT2D eigenvalue weighted by Gasteiger charge is 2.28. The number of hydrogen-bond acceptors (Lipinski definition) is 6. The first kappa shape index (κ1) is 26.5. The van der Waals surface area contributed by atoms with Crippen LogP contribution in [-0.4, -0.2) is 36.7 Å². The first-order chi connectivity index (χ1) is 15.6. The lowest BCUT2D eigenvalue weighted by molar-refractivity contribution is -0.155. The molecule has 2 aliphatic carbocycles. The standard InChI is InChI=1S/C26H42O6/c27-19-21-13-9-11-15-23(21)31-25(29)17-7-5-3-1-2-4-6-8-18-26(30)32-24-16-12-10-14-22(24)20-28/h19-24H,1-18H2/t21-,22-,23+,24+/m1/s1. The molecule has 0 unspecified atom stereocenters. The van der Waals surface area contributed by atoms with E-state index in [1.165, 1.54) is 0 Å². The molecule has 6 heteroatoms. The summed E-state index contributed by atoms with van der Waals surface area (Å²) in [5, 5.41) is 0. The molecule has 0 heterocycles. The van der Waals surface area contributed by atoms with Gasteiger partial charge in [-0.25, -0.2) is 0 Å². The van der Waals surface area contributed by atoms with E-state index < -0.39 is 0 Å². The summed E-state index contributed by atoms with van der Waals surface area (Å²) in [6, 6.07) is 0. The molecule has 6 nitrogen and oxygen atoms in total. The van der Waals surface area contributed by atoms with Gasteiger partial charge in [-0.1, -0.05) is 51.4 Å². The molecule has 0 saturated heterocycles. The molecule has 32 heavy (non-hydrogen) atoms. The molecule has 0 radical (unpaired) electrons. The van der Waals surface area contributed by atoms with E-state index in [2.05, 4.69) is 0 Å². The number of carbonyl (C=O) groups is 4. The first-order valence-corrected chi connectivity index (χ1v) is 12.9. The van der Waals surface area contributed by atoms with Crippen LogP contribution in [0.15, 0.2) is 0 Å². The number of esters is 2. The van der Waals surface area contributed by atoms with Gasteiger partial charge in [0.25, 0.3) is 0 Å². The van der Waals surface area contributed by atoms with Crippen LogP contribution in [0.4, 0.5) is 0 Å². The van der Waals surface area contributed by atoms with Gasteiger partial charge in [0.2, 0.25) is 0 Å². The van der Waals surface area contributed by atoms with Gasteiger partial charge in [-0.2, -0.15) is 0 Å². The first-order valence-electron chi connectivity index (χ1n) is 12.9. The third-order valence-corrected chi connectivity index (χ3v) is 6.93. The molecule has 0 aromatic heterocycles. The molecule has 0 amide bonds. The summed E-state index contributed by atoms with van der Waals surface area (Å²) in [5.74, 6) is -0.559. The Morgan fingerprint density at radius 1 is 0.562 bits per heavy atom. The normalized spacial score (nSPS) is 25.6. The lowest BCUT2D eigenvalue weighted by Gasteiger charge is -2.27. The minimum absolute atomic E-state index is 0.116. The minimum atomic E-state index is -0.208. The Kier molecular flexibility index (Phi) is 13.2. The average molecular weight is 451 g/mol. The lowest BCUT2D eigenvalue weighted by atomic mass is 9.87. The van der Waals surface area contributed by atoms with Crippen LogP contribution in [0.25, 0.3) is 0 Å². The van der Waals surface area contributed by atoms with Crippen molar-refractivity contribution in [1.82, 2.24) is 0 Å². The van der Waals surface area contributed by atoms with Crippen LogP contribution in [0.3, 0.4) is 0 Å². The second kappa shape index (κ2) is 16.0. The molecule has 0 N–H and O–H groups in total. The second-order valence-corrected chi connectivity index (χ2v) is 9.55. The summed E-state index contributed by atoms with van der Waals surface area (Å²) in [6.45, 7) is 0. The Morgan fingerprint density at radius 2 is 0.906 bits per heavy atom. The van der Waals surface area contributed by atoms with Gasteiger partial charge in [-0.05, 0) is 51.4 Å². The maximum absolute atomic E-state index is 12.0. The summed E-state index contributed by atoms with van der Waals surface area (Å²) in [7, 11) is 0. The Balaban J connectivity index is 1.40. The Hall–Kier alpha value is -1.72. The highest BCUT2D eigenvalue weighted by atomic mass is 16.5. The minimum Gasteiger partial charge on any atom is -0.462 e. The van der Waals surface area contributed by atoms with Crippen molar-refractivity contribution in [1.29, 1.82) is 0 Å². The molecule has 0 aromatic carbocycles. The lowest BCUT2D eigenvalue weighted by Crippen LogP contribution is -2.30. The maximum Gasteiger partial charge on any atom is 0.306 e. The third-order valence-electron chi connectivity index (χ3n) is 6.93. The van der Waals surface area contributed by atoms with E-state index in [0.29, 0.717) is 12.8 Å². The van der Waals surface area contributed by atoms with E-state index in [-0.39, 0.29) is 36.0 Å². The maximum atomic E-state index is 12.0. The third kappa shape index (κ3) is 10.3. The summed E-state index contributed by atoms with van der Waals surface area (Å²) in [4.78, 5) is 46.2. The number of aldehydes is 2. The fraction of sp³-hybridized carbons (Fsp3) is 0.846. The van der Waals surface area contributed by atoms with Gasteiger partial charge in [-0.15, -0.1) is 0 Å². The van der Waals surface area contributed by atoms with Crippen LogP contribution in [0, 0.1) is 11.8 Å². The second-order valence-electron chi connectivity index (χ2n) is 9.55. The van der Waals surface area contributed by atoms with Gasteiger partial charge in [0.05, 0.1) is 11.8 Å². The van der Waals surface area contributed by atoms with Gasteiger partial charge in [-0.3, -0.25) is 9.59 Å². The van der Waals surface area contributed by atoms with Crippen molar-refractivity contribution >= 4 is 24.5 Å². The number of ether oxygens (including phenoxy) is 2. The molecule has 2 rings (SSSR count). The van der Waals surface area contributed by atoms with Crippen LogP contribution >= 0.6 is 0 Å². The van der Waals surface area contributed by atoms with E-state index >= 15 is 0 Å². The Labute approximate surface area is 193 Å². The SMILES string of the molecule is O=C[C@H]1CCCC[C@@H]1OC(=O)CCCCCCCCCCC(=O)O[C@H]1CCCC[C@@H]1C=O. The molecule has 2 saturated carbocycles. The predicted molar refractivity (Wildman–Crippen MR) is 122 cm³/mol. The molecule has 0 aromatic rings. The van der Waals surface area contributed by atoms with Gasteiger partial charge < -0.3 is 19.1 Å². The summed E-state index contributed by atoms with van der Waals surface area (Å²) in [5.41, 5.74) is 0. The van der Waals surface area contributed by atoms with Crippen LogP contribution in [-0.2, 0) is 28.7 Å². The fourth-order valence-corrected chi connectivity index (χ4v) is 4.91. The molecule has 0 bridgehead atoms. The summed E-state index contributed by atoms with van der Waals surface area (Å²) < 4.78 is 11.0. The number of rotatable bonds is 15. The van der Waals surface area contributed by atoms with Crippen molar-refractivity contribution in [3.05, 3.63) is 0 Å². The van der Waals surface area contributed by atoms with Crippen LogP contribution in [0.5, 0.6) is 0 Å². The zero-order chi connectivity index (χ0) is 23.0. The van der Waals surface area contributed by atoms with Crippen molar-refractivity contribution in [2.24, 2.45) is 11.8 Å². The van der Waals surface area contributed by atoms with E-state index in [4.69, 9.17) is 9.47 Å². The molecule has 0 spiro atoms. The molecule has 182 valence electrons. The van der Waals surface area contributed by atoms with Gasteiger partial charge in [0.15, 0.2) is 0 Å². The zero-order valence-electron chi connectivity index (χ0n) is 19.6. The fourth-order valence-electron chi connectivity index (χ4n) is 4.91. The highest BCUT2D eigenvalue weighted by molar-refractivity contribution is 5.70. The molecule has 2 aliphatic rings. The monoisotopic (exact) mass is 450 g/mol. The molecular formula is C26H42O6. The number of hydrogen-bond donors (Lipinski definition) is 0. The van der Waals surface area contributed by atoms with Gasteiger partial charge >= 0.3 is 11.9 Å². The van der Waals surface area contributed by atoms with Crippen LogP contribution in [0.1, 0.15) is 116 Å². The average Bonchev–Trinajstić information content (AvgIpc) is 2.81. The van der Waals surface area contributed by atoms with Gasteiger partial charge in [0, 0.05) is 12.8 Å². The number of unbranched alkanes of at least 4 members (excludes halogenated alkanes) is 7. The molecule has 2 fully saturated rings. The van der Waals surface area contributed by atoms with E-state index in [1.54, 1.807) is 0 Å². The summed E-state index contributed by atoms with van der Waals surface area (Å²) in [6.07, 6.45) is 18.0. The Morgan fingerprint density at radius 3 is 1.28 bits per heavy atom. The van der Waals surface area contributed by atoms with Crippen molar-refractivity contribution in [2.75, 3.05) is 0 Å². The van der Waals surface area contributed by atoms with Crippen LogP contribution < -0.4 is 0 Å².